The maximum Gasteiger partial charge on any atom is 0.315 e. The first kappa shape index (κ1) is 19.0. The van der Waals surface area contributed by atoms with Crippen LogP contribution in [0, 0.1) is 12.8 Å². The van der Waals surface area contributed by atoms with Crippen molar-refractivity contribution in [3.63, 3.8) is 0 Å². The molecule has 1 aromatic carbocycles. The molecule has 1 aliphatic rings. The van der Waals surface area contributed by atoms with E-state index in [2.05, 4.69) is 15.6 Å². The zero-order valence-electron chi connectivity index (χ0n) is 15.3. The van der Waals surface area contributed by atoms with Gasteiger partial charge in [-0.1, -0.05) is 6.07 Å². The van der Waals surface area contributed by atoms with E-state index in [-0.39, 0.29) is 11.7 Å². The lowest BCUT2D eigenvalue weighted by molar-refractivity contribution is -0.901. The van der Waals surface area contributed by atoms with E-state index >= 15 is 0 Å². The lowest BCUT2D eigenvalue weighted by Crippen LogP contribution is -2.61. The third kappa shape index (κ3) is 4.37. The van der Waals surface area contributed by atoms with E-state index in [0.29, 0.717) is 16.0 Å². The summed E-state index contributed by atoms with van der Waals surface area (Å²) in [4.78, 5) is 17.3. The molecule has 0 spiro atoms. The maximum atomic E-state index is 13.0. The SMILES string of the molecule is Cc1ccc(NC(=O)C(C2=[N+]C=CN2)C(C(C)O)[N+](C)(C)C)cc1O. The summed E-state index contributed by atoms with van der Waals surface area (Å²) >= 11 is 0. The molecule has 0 aliphatic carbocycles. The zero-order valence-corrected chi connectivity index (χ0v) is 15.3. The van der Waals surface area contributed by atoms with Crippen LogP contribution in [0.15, 0.2) is 30.6 Å². The van der Waals surface area contributed by atoms with Gasteiger partial charge in [-0.2, -0.15) is 0 Å². The number of anilines is 1. The second kappa shape index (κ2) is 7.25. The van der Waals surface area contributed by atoms with E-state index in [1.54, 1.807) is 38.4 Å². The molecule has 7 nitrogen and oxygen atoms in total. The normalized spacial score (nSPS) is 17.4. The van der Waals surface area contributed by atoms with E-state index in [1.165, 1.54) is 6.07 Å². The van der Waals surface area contributed by atoms with Crippen molar-refractivity contribution in [2.75, 3.05) is 26.5 Å². The first-order valence-corrected chi connectivity index (χ1v) is 8.20. The fourth-order valence-corrected chi connectivity index (χ4v) is 3.17. The number of aryl methyl sites for hydroxylation is 1. The predicted molar refractivity (Wildman–Crippen MR) is 97.9 cm³/mol. The smallest absolute Gasteiger partial charge is 0.315 e. The Bertz CT molecular complexity index is 705. The number of aromatic hydroxyl groups is 1. The Hall–Kier alpha value is -2.38. The summed E-state index contributed by atoms with van der Waals surface area (Å²) < 4.78 is 0.385. The lowest BCUT2D eigenvalue weighted by Gasteiger charge is -2.38. The first-order chi connectivity index (χ1) is 11.6. The molecule has 1 heterocycles. The monoisotopic (exact) mass is 347 g/mol. The Kier molecular flexibility index (Phi) is 5.49. The molecule has 0 aromatic heterocycles. The summed E-state index contributed by atoms with van der Waals surface area (Å²) in [5.74, 6) is -0.366. The van der Waals surface area contributed by atoms with Crippen molar-refractivity contribution >= 4 is 17.4 Å². The Labute approximate surface area is 148 Å². The number of carbonyl (C=O) groups excluding carboxylic acids is 1. The molecule has 3 atom stereocenters. The number of amides is 1. The van der Waals surface area contributed by atoms with Gasteiger partial charge in [-0.05, 0) is 30.5 Å². The van der Waals surface area contributed by atoms with Crippen molar-refractivity contribution in [1.29, 1.82) is 0 Å². The number of likely N-dealkylation sites (N-methyl/N-ethyl adjacent to an activating group) is 1. The summed E-state index contributed by atoms with van der Waals surface area (Å²) in [6.07, 6.45) is 2.51. The van der Waals surface area contributed by atoms with Crippen molar-refractivity contribution in [3.8, 4) is 5.75 Å². The topological polar surface area (TPSA) is 95.7 Å². The highest BCUT2D eigenvalue weighted by Crippen LogP contribution is 2.24. The van der Waals surface area contributed by atoms with Crippen LogP contribution in [0.25, 0.3) is 0 Å². The van der Waals surface area contributed by atoms with Gasteiger partial charge in [0.15, 0.2) is 12.1 Å². The number of aliphatic imine (C=N–C) groups is 1. The largest absolute Gasteiger partial charge is 0.508 e. The van der Waals surface area contributed by atoms with E-state index in [0.717, 1.165) is 5.56 Å². The van der Waals surface area contributed by atoms with E-state index < -0.39 is 18.1 Å². The number of phenols is 1. The molecule has 2 rings (SSSR count). The molecule has 0 bridgehead atoms. The van der Waals surface area contributed by atoms with Gasteiger partial charge >= 0.3 is 5.84 Å². The molecule has 1 aliphatic heterocycles. The summed E-state index contributed by atoms with van der Waals surface area (Å²) in [5.41, 5.74) is 1.23. The average molecular weight is 347 g/mol. The minimum Gasteiger partial charge on any atom is -0.508 e. The van der Waals surface area contributed by atoms with E-state index in [1.807, 2.05) is 21.1 Å². The Morgan fingerprint density at radius 1 is 1.32 bits per heavy atom. The Morgan fingerprint density at radius 2 is 2.00 bits per heavy atom. The number of nitrogens with zero attached hydrogens (tertiary/aromatic N) is 2. The molecule has 3 unspecified atom stereocenters. The molecule has 0 saturated heterocycles. The number of nitrogens with one attached hydrogen (secondary N) is 2. The number of carbonyl (C=O) groups is 1. The molecule has 135 valence electrons. The molecular weight excluding hydrogens is 320 g/mol. The van der Waals surface area contributed by atoms with Gasteiger partial charge in [-0.25, -0.2) is 5.32 Å². The molecule has 1 aromatic rings. The van der Waals surface area contributed by atoms with Crippen molar-refractivity contribution in [2.45, 2.75) is 26.0 Å². The molecule has 0 saturated carbocycles. The van der Waals surface area contributed by atoms with Crippen LogP contribution in [0.5, 0.6) is 5.75 Å². The molecule has 1 amide bonds. The lowest BCUT2D eigenvalue weighted by atomic mass is 9.90. The van der Waals surface area contributed by atoms with Crippen LogP contribution in [-0.4, -0.2) is 59.7 Å². The van der Waals surface area contributed by atoms with Crippen molar-refractivity contribution in [2.24, 2.45) is 5.92 Å². The highest BCUT2D eigenvalue weighted by Gasteiger charge is 2.48. The minimum absolute atomic E-state index is 0.117. The van der Waals surface area contributed by atoms with Crippen molar-refractivity contribution in [1.82, 2.24) is 10.3 Å². The number of phenolic OH excluding ortho intramolecular Hbond substituents is 1. The maximum absolute atomic E-state index is 13.0. The van der Waals surface area contributed by atoms with Gasteiger partial charge in [-0.15, -0.1) is 0 Å². The number of hydrogen-bond donors (Lipinski definition) is 4. The van der Waals surface area contributed by atoms with Gasteiger partial charge in [0.25, 0.3) is 0 Å². The fourth-order valence-electron chi connectivity index (χ4n) is 3.17. The van der Waals surface area contributed by atoms with Crippen LogP contribution in [0.1, 0.15) is 12.5 Å². The molecule has 0 fully saturated rings. The van der Waals surface area contributed by atoms with Gasteiger partial charge in [-0.3, -0.25) is 4.79 Å². The second-order valence-electron chi connectivity index (χ2n) is 7.29. The third-order valence-corrected chi connectivity index (χ3v) is 4.30. The number of quaternary nitrogens is 1. The van der Waals surface area contributed by atoms with Crippen LogP contribution in [0.2, 0.25) is 0 Å². The van der Waals surface area contributed by atoms with Gasteiger partial charge < -0.3 is 20.0 Å². The zero-order chi connectivity index (χ0) is 18.8. The standard InChI is InChI=1S/C18H26N4O3/c1-11-6-7-13(10-14(11)24)21-18(25)15(17-19-8-9-20-17)16(12(2)23)22(3,4)5/h6-10,12,15-16,19,23H,1-5H3,(H-,21,24,25)/q+1/p+1. The van der Waals surface area contributed by atoms with Crippen LogP contribution in [0.3, 0.4) is 0 Å². The fraction of sp³-hybridized carbons (Fsp3) is 0.444. The van der Waals surface area contributed by atoms with Gasteiger partial charge in [0.1, 0.15) is 24.1 Å². The van der Waals surface area contributed by atoms with E-state index in [4.69, 9.17) is 0 Å². The number of amidine groups is 1. The molecule has 25 heavy (non-hydrogen) atoms. The second-order valence-corrected chi connectivity index (χ2v) is 7.29. The van der Waals surface area contributed by atoms with Crippen molar-refractivity contribution in [3.05, 3.63) is 36.2 Å². The molecule has 4 N–H and O–H groups in total. The average Bonchev–Trinajstić information content (AvgIpc) is 3.00. The quantitative estimate of drug-likeness (QED) is 0.564. The van der Waals surface area contributed by atoms with Gasteiger partial charge in [0.2, 0.25) is 5.91 Å². The molecule has 1 radical (unpaired) electrons. The van der Waals surface area contributed by atoms with Crippen LogP contribution >= 0.6 is 0 Å². The predicted octanol–water partition coefficient (Wildman–Crippen LogP) is 0.520. The number of rotatable bonds is 6. The highest BCUT2D eigenvalue weighted by atomic mass is 16.3. The third-order valence-electron chi connectivity index (χ3n) is 4.30. The summed E-state index contributed by atoms with van der Waals surface area (Å²) in [6.45, 7) is 3.46. The van der Waals surface area contributed by atoms with Crippen LogP contribution in [0.4, 0.5) is 5.69 Å². The van der Waals surface area contributed by atoms with Crippen LogP contribution < -0.4 is 15.6 Å². The van der Waals surface area contributed by atoms with Crippen LogP contribution in [-0.2, 0) is 4.79 Å². The molecule has 7 heteroatoms. The first-order valence-electron chi connectivity index (χ1n) is 8.20. The Balaban J connectivity index is 2.34. The minimum atomic E-state index is -0.729. The Morgan fingerprint density at radius 3 is 2.48 bits per heavy atom. The van der Waals surface area contributed by atoms with Crippen molar-refractivity contribution < 1.29 is 19.5 Å². The summed E-state index contributed by atoms with van der Waals surface area (Å²) in [5, 5.41) is 26.0. The van der Waals surface area contributed by atoms with Gasteiger partial charge in [0.05, 0.1) is 21.1 Å². The number of aliphatic hydroxyl groups excluding tert-OH is 1. The number of benzene rings is 1. The number of hydrogen-bond acceptors (Lipinski definition) is 5. The van der Waals surface area contributed by atoms with E-state index in [9.17, 15) is 15.0 Å². The molecular formula is C18H27N4O3+2. The number of aliphatic hydroxyl groups is 1. The highest BCUT2D eigenvalue weighted by molar-refractivity contribution is 6.09. The van der Waals surface area contributed by atoms with Gasteiger partial charge in [0, 0.05) is 11.8 Å². The summed E-state index contributed by atoms with van der Waals surface area (Å²) in [6, 6.07) is 4.56. The summed E-state index contributed by atoms with van der Waals surface area (Å²) in [7, 11) is 5.79.